The zero-order chi connectivity index (χ0) is 25.4. The quantitative estimate of drug-likeness (QED) is 0.392. The molecule has 1 aliphatic carbocycles. The van der Waals surface area contributed by atoms with Gasteiger partial charge in [-0.3, -0.25) is 9.59 Å². The summed E-state index contributed by atoms with van der Waals surface area (Å²) in [4.78, 5) is 35.3. The zero-order valence-electron chi connectivity index (χ0n) is 20.8. The highest BCUT2D eigenvalue weighted by atomic mass is 16.5. The molecule has 188 valence electrons. The number of hydrogen-bond acceptors (Lipinski definition) is 4. The van der Waals surface area contributed by atoms with Crippen LogP contribution in [0.3, 0.4) is 0 Å². The lowest BCUT2D eigenvalue weighted by atomic mass is 9.97. The molecule has 0 aliphatic heterocycles. The molecule has 0 saturated heterocycles. The molecule has 0 fully saturated rings. The summed E-state index contributed by atoms with van der Waals surface area (Å²) in [6, 6.07) is 16.5. The van der Waals surface area contributed by atoms with Gasteiger partial charge < -0.3 is 20.5 Å². The number of hydrogen-bond donors (Lipinski definition) is 3. The largest absolute Gasteiger partial charge is 0.481 e. The summed E-state index contributed by atoms with van der Waals surface area (Å²) in [5.41, 5.74) is 4.20. The summed E-state index contributed by atoms with van der Waals surface area (Å²) in [6.07, 6.45) is 1.76. The number of benzene rings is 2. The summed E-state index contributed by atoms with van der Waals surface area (Å²) in [5.74, 6) is -0.677. The minimum Gasteiger partial charge on any atom is -0.481 e. The third kappa shape index (κ3) is 7.57. The van der Waals surface area contributed by atoms with Gasteiger partial charge in [-0.15, -0.1) is 0 Å². The van der Waals surface area contributed by atoms with Gasteiger partial charge in [0.15, 0.2) is 0 Å². The average molecular weight is 481 g/mol. The van der Waals surface area contributed by atoms with Crippen LogP contribution in [0.4, 0.5) is 4.79 Å². The highest BCUT2D eigenvalue weighted by Gasteiger charge is 2.29. The van der Waals surface area contributed by atoms with Crippen LogP contribution in [0.2, 0.25) is 0 Å². The van der Waals surface area contributed by atoms with E-state index in [-0.39, 0.29) is 30.8 Å². The molecule has 2 aromatic carbocycles. The number of fused-ring (bicyclic) bond motifs is 3. The Morgan fingerprint density at radius 3 is 2.17 bits per heavy atom. The van der Waals surface area contributed by atoms with E-state index in [1.54, 1.807) is 0 Å². The predicted molar refractivity (Wildman–Crippen MR) is 135 cm³/mol. The number of nitrogens with one attached hydrogen (secondary N) is 2. The number of alkyl carbamates (subject to hydrolysis) is 1. The minimum absolute atomic E-state index is 0.0191. The molecule has 3 rings (SSSR count). The summed E-state index contributed by atoms with van der Waals surface area (Å²) in [7, 11) is 0. The minimum atomic E-state index is -0.871. The third-order valence-corrected chi connectivity index (χ3v) is 6.56. The van der Waals surface area contributed by atoms with Crippen molar-refractivity contribution < 1.29 is 24.2 Å². The number of amides is 2. The number of ether oxygens (including phenoxy) is 1. The lowest BCUT2D eigenvalue weighted by Crippen LogP contribution is -2.43. The van der Waals surface area contributed by atoms with Gasteiger partial charge in [-0.2, -0.15) is 0 Å². The van der Waals surface area contributed by atoms with Crippen molar-refractivity contribution >= 4 is 18.0 Å². The van der Waals surface area contributed by atoms with E-state index in [0.29, 0.717) is 25.8 Å². The Kier molecular flexibility index (Phi) is 8.90. The van der Waals surface area contributed by atoms with Gasteiger partial charge in [-0.25, -0.2) is 4.79 Å². The maximum atomic E-state index is 12.3. The van der Waals surface area contributed by atoms with Crippen LogP contribution in [0, 0.1) is 5.92 Å². The highest BCUT2D eigenvalue weighted by Crippen LogP contribution is 2.44. The molecule has 0 spiro atoms. The standard InChI is InChI=1S/C28H36N2O5/c1-19(12-13-25(31)30-28(2,3)16-14-26(32)33)15-17-29-27(34)35-18-24-22-10-6-4-8-20(22)21-9-5-7-11-23(21)24/h4-11,19,24H,12-18H2,1-3H3,(H,29,34)(H,30,31)(H,32,33). The van der Waals surface area contributed by atoms with Crippen LogP contribution >= 0.6 is 0 Å². The topological polar surface area (TPSA) is 105 Å². The van der Waals surface area contributed by atoms with E-state index in [0.717, 1.165) is 6.42 Å². The number of carboxylic acids is 1. The van der Waals surface area contributed by atoms with Crippen LogP contribution in [0.5, 0.6) is 0 Å². The van der Waals surface area contributed by atoms with Crippen LogP contribution < -0.4 is 10.6 Å². The van der Waals surface area contributed by atoms with Crippen molar-refractivity contribution in [1.29, 1.82) is 0 Å². The monoisotopic (exact) mass is 480 g/mol. The van der Waals surface area contributed by atoms with Crippen molar-refractivity contribution in [3.63, 3.8) is 0 Å². The fraction of sp³-hybridized carbons (Fsp3) is 0.464. The fourth-order valence-electron chi connectivity index (χ4n) is 4.51. The van der Waals surface area contributed by atoms with Gasteiger partial charge in [-0.1, -0.05) is 55.5 Å². The van der Waals surface area contributed by atoms with Crippen molar-refractivity contribution in [3.8, 4) is 11.1 Å². The van der Waals surface area contributed by atoms with Crippen LogP contribution in [-0.4, -0.2) is 41.8 Å². The molecular formula is C28H36N2O5. The molecule has 0 heterocycles. The van der Waals surface area contributed by atoms with E-state index in [4.69, 9.17) is 9.84 Å². The number of carbonyl (C=O) groups is 3. The van der Waals surface area contributed by atoms with E-state index in [1.807, 2.05) is 45.0 Å². The molecule has 1 unspecified atom stereocenters. The molecule has 7 nitrogen and oxygen atoms in total. The molecular weight excluding hydrogens is 444 g/mol. The Bertz CT molecular complexity index is 1000. The Balaban J connectivity index is 1.36. The van der Waals surface area contributed by atoms with Crippen molar-refractivity contribution in [1.82, 2.24) is 10.6 Å². The fourth-order valence-corrected chi connectivity index (χ4v) is 4.51. The van der Waals surface area contributed by atoms with Gasteiger partial charge in [-0.05, 0) is 61.3 Å². The van der Waals surface area contributed by atoms with Gasteiger partial charge >= 0.3 is 12.1 Å². The van der Waals surface area contributed by atoms with E-state index in [2.05, 4.69) is 34.9 Å². The molecule has 1 aliphatic rings. The first-order valence-corrected chi connectivity index (χ1v) is 12.3. The van der Waals surface area contributed by atoms with Crippen LogP contribution in [0.15, 0.2) is 48.5 Å². The molecule has 0 bridgehead atoms. The molecule has 2 amide bonds. The smallest absolute Gasteiger partial charge is 0.407 e. The molecule has 0 aromatic heterocycles. The second-order valence-corrected chi connectivity index (χ2v) is 10.0. The maximum absolute atomic E-state index is 12.3. The molecule has 7 heteroatoms. The van der Waals surface area contributed by atoms with Crippen molar-refractivity contribution in [2.75, 3.05) is 13.2 Å². The van der Waals surface area contributed by atoms with Crippen molar-refractivity contribution in [3.05, 3.63) is 59.7 Å². The van der Waals surface area contributed by atoms with Gasteiger partial charge in [0, 0.05) is 30.8 Å². The summed E-state index contributed by atoms with van der Waals surface area (Å²) in [6.45, 7) is 6.46. The van der Waals surface area contributed by atoms with Gasteiger partial charge in [0.05, 0.1) is 0 Å². The Hall–Kier alpha value is -3.35. The number of aliphatic carboxylic acids is 1. The van der Waals surface area contributed by atoms with E-state index >= 15 is 0 Å². The molecule has 1 atom stereocenters. The average Bonchev–Trinajstić information content (AvgIpc) is 3.14. The Morgan fingerprint density at radius 1 is 0.971 bits per heavy atom. The SMILES string of the molecule is CC(CCNC(=O)OCC1c2ccccc2-c2ccccc21)CCC(=O)NC(C)(C)CCC(=O)O. The Labute approximate surface area is 207 Å². The number of carbonyl (C=O) groups excluding carboxylic acids is 2. The molecule has 35 heavy (non-hydrogen) atoms. The van der Waals surface area contributed by atoms with Crippen LogP contribution in [-0.2, 0) is 14.3 Å². The van der Waals surface area contributed by atoms with E-state index in [9.17, 15) is 14.4 Å². The lowest BCUT2D eigenvalue weighted by molar-refractivity contribution is -0.137. The lowest BCUT2D eigenvalue weighted by Gasteiger charge is -2.26. The Morgan fingerprint density at radius 2 is 1.57 bits per heavy atom. The third-order valence-electron chi connectivity index (χ3n) is 6.56. The van der Waals surface area contributed by atoms with Crippen LogP contribution in [0.25, 0.3) is 11.1 Å². The second-order valence-electron chi connectivity index (χ2n) is 10.0. The zero-order valence-corrected chi connectivity index (χ0v) is 20.8. The summed E-state index contributed by atoms with van der Waals surface area (Å²) in [5, 5.41) is 14.6. The maximum Gasteiger partial charge on any atom is 0.407 e. The van der Waals surface area contributed by atoms with E-state index < -0.39 is 17.6 Å². The second kappa shape index (κ2) is 11.9. The first kappa shape index (κ1) is 26.3. The summed E-state index contributed by atoms with van der Waals surface area (Å²) < 4.78 is 5.56. The number of rotatable bonds is 12. The van der Waals surface area contributed by atoms with Gasteiger partial charge in [0.1, 0.15) is 6.61 Å². The van der Waals surface area contributed by atoms with Crippen LogP contribution in [0.1, 0.15) is 69.9 Å². The molecule has 2 aromatic rings. The normalized spacial score (nSPS) is 13.5. The predicted octanol–water partition coefficient (Wildman–Crippen LogP) is 5.09. The van der Waals surface area contributed by atoms with Gasteiger partial charge in [0.25, 0.3) is 0 Å². The first-order chi connectivity index (χ1) is 16.7. The van der Waals surface area contributed by atoms with Gasteiger partial charge in [0.2, 0.25) is 5.91 Å². The van der Waals surface area contributed by atoms with E-state index in [1.165, 1.54) is 22.3 Å². The first-order valence-electron chi connectivity index (χ1n) is 12.3. The van der Waals surface area contributed by atoms with Crippen molar-refractivity contribution in [2.45, 2.75) is 64.3 Å². The molecule has 0 saturated carbocycles. The van der Waals surface area contributed by atoms with Crippen molar-refractivity contribution in [2.24, 2.45) is 5.92 Å². The molecule has 0 radical (unpaired) electrons. The summed E-state index contributed by atoms with van der Waals surface area (Å²) >= 11 is 0. The molecule has 3 N–H and O–H groups in total. The number of carboxylic acid groups (broad SMARTS) is 1. The highest BCUT2D eigenvalue weighted by molar-refractivity contribution is 5.79.